The predicted octanol–water partition coefficient (Wildman–Crippen LogP) is 4.16. The lowest BCUT2D eigenvalue weighted by molar-refractivity contribution is 0.397. The summed E-state index contributed by atoms with van der Waals surface area (Å²) in [5.41, 5.74) is 6.81. The quantitative estimate of drug-likeness (QED) is 0.912. The lowest BCUT2D eigenvalue weighted by Gasteiger charge is -2.17. The van der Waals surface area contributed by atoms with Gasteiger partial charge in [-0.2, -0.15) is 0 Å². The van der Waals surface area contributed by atoms with E-state index >= 15 is 0 Å². The fourth-order valence-electron chi connectivity index (χ4n) is 1.89. The van der Waals surface area contributed by atoms with Crippen molar-refractivity contribution in [3.05, 3.63) is 53.1 Å². The number of para-hydroxylation sites is 1. The van der Waals surface area contributed by atoms with Gasteiger partial charge in [0.25, 0.3) is 0 Å². The van der Waals surface area contributed by atoms with Crippen LogP contribution in [0.15, 0.2) is 42.5 Å². The molecule has 0 unspecified atom stereocenters. The van der Waals surface area contributed by atoms with Gasteiger partial charge < -0.3 is 15.2 Å². The maximum Gasteiger partial charge on any atom is 0.146 e. The van der Waals surface area contributed by atoms with Crippen LogP contribution in [0.25, 0.3) is 0 Å². The summed E-state index contributed by atoms with van der Waals surface area (Å²) in [6.07, 6.45) is 0. The monoisotopic (exact) mass is 277 g/mol. The van der Waals surface area contributed by atoms with Gasteiger partial charge in [-0.3, -0.25) is 0 Å². The van der Waals surface area contributed by atoms with Gasteiger partial charge >= 0.3 is 0 Å². The van der Waals surface area contributed by atoms with Gasteiger partial charge in [0.15, 0.2) is 0 Å². The number of benzene rings is 2. The average Bonchev–Trinajstić information content (AvgIpc) is 2.40. The Hall–Kier alpha value is -1.71. The van der Waals surface area contributed by atoms with Crippen LogP contribution in [0.3, 0.4) is 0 Å². The first-order valence-corrected chi connectivity index (χ1v) is 6.36. The summed E-state index contributed by atoms with van der Waals surface area (Å²) in [6.45, 7) is 1.89. The highest BCUT2D eigenvalue weighted by atomic mass is 35.5. The molecular weight excluding hydrogens is 262 g/mol. The van der Waals surface area contributed by atoms with E-state index in [-0.39, 0.29) is 6.04 Å². The second-order valence-corrected chi connectivity index (χ2v) is 4.60. The summed E-state index contributed by atoms with van der Waals surface area (Å²) in [6, 6.07) is 12.7. The van der Waals surface area contributed by atoms with Crippen molar-refractivity contribution in [2.75, 3.05) is 7.11 Å². The van der Waals surface area contributed by atoms with E-state index in [1.807, 2.05) is 43.3 Å². The van der Waals surface area contributed by atoms with E-state index in [9.17, 15) is 0 Å². The first-order valence-electron chi connectivity index (χ1n) is 5.98. The highest BCUT2D eigenvalue weighted by Gasteiger charge is 2.15. The Balaban J connectivity index is 2.43. The van der Waals surface area contributed by atoms with E-state index in [1.165, 1.54) is 0 Å². The minimum atomic E-state index is -0.200. The standard InChI is InChI=1S/C15H16ClNO2/c1-10(17)15-13(18-2)8-5-9-14(15)19-12-7-4-3-6-11(12)16/h3-10H,17H2,1-2H3/t10-/m1/s1. The molecular formula is C15H16ClNO2. The smallest absolute Gasteiger partial charge is 0.146 e. The lowest BCUT2D eigenvalue weighted by Crippen LogP contribution is -2.08. The molecule has 0 aliphatic rings. The molecule has 0 aliphatic carbocycles. The predicted molar refractivity (Wildman–Crippen MR) is 77.1 cm³/mol. The number of hydrogen-bond acceptors (Lipinski definition) is 3. The second kappa shape index (κ2) is 5.95. The molecule has 0 saturated heterocycles. The molecule has 1 atom stereocenters. The van der Waals surface area contributed by atoms with E-state index in [2.05, 4.69) is 0 Å². The molecule has 0 fully saturated rings. The summed E-state index contributed by atoms with van der Waals surface area (Å²) in [5.74, 6) is 1.96. The van der Waals surface area contributed by atoms with Crippen molar-refractivity contribution in [3.8, 4) is 17.2 Å². The van der Waals surface area contributed by atoms with Crippen molar-refractivity contribution in [1.29, 1.82) is 0 Å². The Morgan fingerprint density at radius 2 is 1.63 bits per heavy atom. The first kappa shape index (κ1) is 13.7. The lowest BCUT2D eigenvalue weighted by atomic mass is 10.1. The third-order valence-electron chi connectivity index (χ3n) is 2.76. The zero-order valence-corrected chi connectivity index (χ0v) is 11.6. The molecule has 0 heterocycles. The second-order valence-electron chi connectivity index (χ2n) is 4.19. The summed E-state index contributed by atoms with van der Waals surface area (Å²) >= 11 is 6.09. The van der Waals surface area contributed by atoms with Crippen molar-refractivity contribution in [2.24, 2.45) is 5.73 Å². The van der Waals surface area contributed by atoms with Gasteiger partial charge in [0, 0.05) is 6.04 Å². The van der Waals surface area contributed by atoms with Gasteiger partial charge in [0.2, 0.25) is 0 Å². The summed E-state index contributed by atoms with van der Waals surface area (Å²) in [5, 5.41) is 0.556. The largest absolute Gasteiger partial charge is 0.496 e. The number of rotatable bonds is 4. The minimum Gasteiger partial charge on any atom is -0.496 e. The van der Waals surface area contributed by atoms with E-state index in [4.69, 9.17) is 26.8 Å². The number of halogens is 1. The summed E-state index contributed by atoms with van der Waals surface area (Å²) in [4.78, 5) is 0. The third kappa shape index (κ3) is 3.00. The number of nitrogens with two attached hydrogens (primary N) is 1. The van der Waals surface area contributed by atoms with E-state index in [1.54, 1.807) is 13.2 Å². The van der Waals surface area contributed by atoms with Crippen LogP contribution in [0.5, 0.6) is 17.2 Å². The topological polar surface area (TPSA) is 44.5 Å². The Kier molecular flexibility index (Phi) is 4.30. The van der Waals surface area contributed by atoms with Crippen LogP contribution in [-0.2, 0) is 0 Å². The van der Waals surface area contributed by atoms with E-state index in [0.717, 1.165) is 5.56 Å². The fourth-order valence-corrected chi connectivity index (χ4v) is 2.06. The molecule has 2 N–H and O–H groups in total. The highest BCUT2D eigenvalue weighted by Crippen LogP contribution is 2.37. The highest BCUT2D eigenvalue weighted by molar-refractivity contribution is 6.32. The Morgan fingerprint density at radius 1 is 1.00 bits per heavy atom. The van der Waals surface area contributed by atoms with Crippen LogP contribution >= 0.6 is 11.6 Å². The minimum absolute atomic E-state index is 0.200. The molecule has 100 valence electrons. The SMILES string of the molecule is COc1cccc(Oc2ccccc2Cl)c1[C@@H](C)N. The van der Waals surface area contributed by atoms with Crippen LogP contribution in [0.1, 0.15) is 18.5 Å². The molecule has 19 heavy (non-hydrogen) atoms. The molecule has 2 aromatic carbocycles. The van der Waals surface area contributed by atoms with Crippen LogP contribution in [0.2, 0.25) is 5.02 Å². The molecule has 4 heteroatoms. The summed E-state index contributed by atoms with van der Waals surface area (Å²) < 4.78 is 11.2. The molecule has 0 radical (unpaired) electrons. The molecule has 0 aromatic heterocycles. The van der Waals surface area contributed by atoms with Gasteiger partial charge in [0.1, 0.15) is 17.2 Å². The zero-order valence-electron chi connectivity index (χ0n) is 10.9. The van der Waals surface area contributed by atoms with Gasteiger partial charge in [-0.15, -0.1) is 0 Å². The first-order chi connectivity index (χ1) is 9.13. The van der Waals surface area contributed by atoms with Crippen molar-refractivity contribution in [3.63, 3.8) is 0 Å². The van der Waals surface area contributed by atoms with Crippen LogP contribution in [0, 0.1) is 0 Å². The van der Waals surface area contributed by atoms with Crippen LogP contribution in [-0.4, -0.2) is 7.11 Å². The number of ether oxygens (including phenoxy) is 2. The molecule has 0 bridgehead atoms. The molecule has 3 nitrogen and oxygen atoms in total. The Labute approximate surface area is 117 Å². The summed E-state index contributed by atoms with van der Waals surface area (Å²) in [7, 11) is 1.61. The molecule has 0 spiro atoms. The fraction of sp³-hybridized carbons (Fsp3) is 0.200. The van der Waals surface area contributed by atoms with Crippen LogP contribution in [0.4, 0.5) is 0 Å². The third-order valence-corrected chi connectivity index (χ3v) is 3.07. The van der Waals surface area contributed by atoms with Crippen molar-refractivity contribution in [1.82, 2.24) is 0 Å². The zero-order chi connectivity index (χ0) is 13.8. The number of methoxy groups -OCH3 is 1. The van der Waals surface area contributed by atoms with Gasteiger partial charge in [-0.1, -0.05) is 29.8 Å². The normalized spacial score (nSPS) is 12.0. The molecule has 0 saturated carbocycles. The van der Waals surface area contributed by atoms with Crippen molar-refractivity contribution < 1.29 is 9.47 Å². The van der Waals surface area contributed by atoms with Gasteiger partial charge in [-0.05, 0) is 31.2 Å². The maximum absolute atomic E-state index is 6.09. The van der Waals surface area contributed by atoms with E-state index < -0.39 is 0 Å². The Bertz CT molecular complexity index is 570. The molecule has 0 aliphatic heterocycles. The van der Waals surface area contributed by atoms with Crippen LogP contribution < -0.4 is 15.2 Å². The van der Waals surface area contributed by atoms with E-state index in [0.29, 0.717) is 22.3 Å². The van der Waals surface area contributed by atoms with Crippen molar-refractivity contribution in [2.45, 2.75) is 13.0 Å². The molecule has 0 amide bonds. The van der Waals surface area contributed by atoms with Crippen molar-refractivity contribution >= 4 is 11.6 Å². The Morgan fingerprint density at radius 3 is 2.26 bits per heavy atom. The van der Waals surface area contributed by atoms with Gasteiger partial charge in [-0.25, -0.2) is 0 Å². The maximum atomic E-state index is 6.09. The average molecular weight is 278 g/mol. The number of hydrogen-bond donors (Lipinski definition) is 1. The molecule has 2 aromatic rings. The van der Waals surface area contributed by atoms with Gasteiger partial charge in [0.05, 0.1) is 17.7 Å². The molecule has 2 rings (SSSR count).